The molecule has 4 nitrogen and oxygen atoms in total. The van der Waals surface area contributed by atoms with Crippen molar-refractivity contribution in [2.75, 3.05) is 0 Å². The van der Waals surface area contributed by atoms with Crippen molar-refractivity contribution < 1.29 is 9.86 Å². The highest BCUT2D eigenvalue weighted by molar-refractivity contribution is 6.30. The van der Waals surface area contributed by atoms with E-state index in [4.69, 9.17) is 11.6 Å². The summed E-state index contributed by atoms with van der Waals surface area (Å²) in [5, 5.41) is 16.0. The van der Waals surface area contributed by atoms with E-state index in [1.807, 2.05) is 30.3 Å². The molecule has 118 valence electrons. The molecular formula is C18H17ClN2O2. The molecule has 0 spiro atoms. The highest BCUT2D eigenvalue weighted by Gasteiger charge is 2.34. The number of hydrogen-bond donors (Lipinski definition) is 2. The fraction of sp³-hybridized carbons (Fsp3) is 0.278. The summed E-state index contributed by atoms with van der Waals surface area (Å²) in [6.07, 6.45) is 1.10. The van der Waals surface area contributed by atoms with Crippen LogP contribution in [0.2, 0.25) is 5.02 Å². The second-order valence-electron chi connectivity index (χ2n) is 6.33. The highest BCUT2D eigenvalue weighted by atomic mass is 35.5. The summed E-state index contributed by atoms with van der Waals surface area (Å²) in [6.45, 7) is 2.88. The maximum atomic E-state index is 12.2. The van der Waals surface area contributed by atoms with E-state index in [-0.39, 0.29) is 17.4 Å². The van der Waals surface area contributed by atoms with Crippen molar-refractivity contribution in [3.05, 3.63) is 57.3 Å². The molecule has 1 amide bonds. The van der Waals surface area contributed by atoms with Crippen LogP contribution in [-0.4, -0.2) is 11.9 Å². The Morgan fingerprint density at radius 1 is 1.22 bits per heavy atom. The normalized spacial score (nSPS) is 22.8. The van der Waals surface area contributed by atoms with Crippen molar-refractivity contribution in [1.29, 1.82) is 0 Å². The highest BCUT2D eigenvalue weighted by Crippen LogP contribution is 2.37. The predicted octanol–water partition coefficient (Wildman–Crippen LogP) is 2.14. The van der Waals surface area contributed by atoms with Crippen molar-refractivity contribution >= 4 is 23.2 Å². The van der Waals surface area contributed by atoms with Gasteiger partial charge in [0.15, 0.2) is 0 Å². The molecule has 2 N–H and O–H groups in total. The van der Waals surface area contributed by atoms with Gasteiger partial charge in [0.25, 0.3) is 0 Å². The van der Waals surface area contributed by atoms with Crippen LogP contribution in [0.25, 0.3) is 11.1 Å². The van der Waals surface area contributed by atoms with Crippen molar-refractivity contribution in [2.45, 2.75) is 32.4 Å². The molecule has 2 atom stereocenters. The first-order chi connectivity index (χ1) is 11.0. The summed E-state index contributed by atoms with van der Waals surface area (Å²) in [5.41, 5.74) is 5.97. The van der Waals surface area contributed by atoms with Gasteiger partial charge in [-0.15, -0.1) is 0 Å². The quantitative estimate of drug-likeness (QED) is 0.789. The molecule has 0 radical (unpaired) electrons. The number of carbonyl (C=O) groups excluding carboxylic acids is 1. The number of rotatable bonds is 1. The van der Waals surface area contributed by atoms with Crippen LogP contribution in [0.15, 0.2) is 30.3 Å². The molecule has 0 bridgehead atoms. The number of nitrogens with one attached hydrogen (secondary N) is 2. The van der Waals surface area contributed by atoms with Gasteiger partial charge in [-0.3, -0.25) is 5.06 Å². The second kappa shape index (κ2) is 5.42. The van der Waals surface area contributed by atoms with E-state index in [1.54, 1.807) is 0 Å². The number of hydroxylamine groups is 1. The first-order valence-corrected chi connectivity index (χ1v) is 8.17. The lowest BCUT2D eigenvalue weighted by molar-refractivity contribution is -0.683. The minimum Gasteiger partial charge on any atom is -0.621 e. The molecule has 4 rings (SSSR count). The van der Waals surface area contributed by atoms with Gasteiger partial charge in [-0.2, -0.15) is 0 Å². The molecule has 5 heteroatoms. The molecular weight excluding hydrogens is 312 g/mol. The summed E-state index contributed by atoms with van der Waals surface area (Å²) in [6, 6.07) is 9.86. The Morgan fingerprint density at radius 2 is 1.96 bits per heavy atom. The third-order valence-corrected chi connectivity index (χ3v) is 5.05. The topological polar surface area (TPSA) is 56.6 Å². The van der Waals surface area contributed by atoms with E-state index in [0.717, 1.165) is 29.7 Å². The van der Waals surface area contributed by atoms with E-state index in [1.165, 1.54) is 11.1 Å². The molecule has 0 fully saturated rings. The van der Waals surface area contributed by atoms with Gasteiger partial charge in [0.1, 0.15) is 5.69 Å². The zero-order chi connectivity index (χ0) is 16.1. The molecule has 2 aliphatic rings. The van der Waals surface area contributed by atoms with Gasteiger partial charge >= 0.3 is 5.91 Å². The number of amides is 1. The lowest BCUT2D eigenvalue weighted by Crippen LogP contribution is -3.03. The van der Waals surface area contributed by atoms with E-state index >= 15 is 0 Å². The summed E-state index contributed by atoms with van der Waals surface area (Å²) in [4.78, 5) is 11.9. The predicted molar refractivity (Wildman–Crippen MR) is 89.6 cm³/mol. The first kappa shape index (κ1) is 14.8. The minimum atomic E-state index is -0.343. The lowest BCUT2D eigenvalue weighted by Gasteiger charge is -2.28. The smallest absolute Gasteiger partial charge is 0.321 e. The Balaban J connectivity index is 1.95. The van der Waals surface area contributed by atoms with Gasteiger partial charge in [-0.25, -0.2) is 4.79 Å². The summed E-state index contributed by atoms with van der Waals surface area (Å²) in [5.74, 6) is -0.290. The lowest BCUT2D eigenvalue weighted by atomic mass is 9.85. The number of quaternary nitrogens is 1. The van der Waals surface area contributed by atoms with Gasteiger partial charge in [0, 0.05) is 29.2 Å². The maximum absolute atomic E-state index is 12.2. The molecule has 2 aromatic carbocycles. The average molecular weight is 329 g/mol. The minimum absolute atomic E-state index is 0.254. The summed E-state index contributed by atoms with van der Waals surface area (Å²) >= 11 is 5.99. The Hall–Kier alpha value is -1.72. The maximum Gasteiger partial charge on any atom is 0.321 e. The van der Waals surface area contributed by atoms with E-state index in [9.17, 15) is 10.0 Å². The molecule has 2 unspecified atom stereocenters. The number of fused-ring (bicyclic) bond motifs is 3. The van der Waals surface area contributed by atoms with E-state index < -0.39 is 0 Å². The van der Waals surface area contributed by atoms with Crippen LogP contribution in [0, 0.1) is 5.21 Å². The van der Waals surface area contributed by atoms with Gasteiger partial charge in [-0.05, 0) is 47.7 Å². The molecule has 2 aromatic rings. The van der Waals surface area contributed by atoms with Gasteiger partial charge < -0.3 is 10.5 Å². The van der Waals surface area contributed by atoms with Crippen LogP contribution in [0.4, 0.5) is 5.69 Å². The number of hydrogen-bond acceptors (Lipinski definition) is 3. The van der Waals surface area contributed by atoms with Crippen LogP contribution in [0.5, 0.6) is 0 Å². The van der Waals surface area contributed by atoms with E-state index in [0.29, 0.717) is 16.8 Å². The van der Waals surface area contributed by atoms with Crippen LogP contribution < -0.4 is 10.4 Å². The molecule has 0 saturated carbocycles. The molecule has 23 heavy (non-hydrogen) atoms. The third-order valence-electron chi connectivity index (χ3n) is 4.80. The fourth-order valence-electron chi connectivity index (χ4n) is 3.61. The zero-order valence-electron chi connectivity index (χ0n) is 12.8. The van der Waals surface area contributed by atoms with Crippen molar-refractivity contribution in [3.63, 3.8) is 0 Å². The zero-order valence-corrected chi connectivity index (χ0v) is 13.5. The van der Waals surface area contributed by atoms with Gasteiger partial charge in [-0.1, -0.05) is 23.7 Å². The van der Waals surface area contributed by atoms with Crippen LogP contribution in [0.1, 0.15) is 23.6 Å². The third kappa shape index (κ3) is 2.39. The Kier molecular flexibility index (Phi) is 3.50. The second-order valence-corrected chi connectivity index (χ2v) is 6.77. The van der Waals surface area contributed by atoms with Gasteiger partial charge in [0.05, 0.1) is 6.42 Å². The number of benzene rings is 2. The standard InChI is InChI=1S/C18H17ClN2O2/c1-10-6-14-15-8-18(22)21(23)17(15)7-13(16(14)9-20-10)11-2-4-12(19)5-3-11/h2-5,7,10,20-21H,6,8-9H2,1H3. The van der Waals surface area contributed by atoms with Crippen molar-refractivity contribution in [1.82, 2.24) is 5.32 Å². The Bertz CT molecular complexity index is 802. The molecule has 2 aliphatic heterocycles. The molecule has 0 saturated heterocycles. The van der Waals surface area contributed by atoms with Crippen LogP contribution in [0.3, 0.4) is 0 Å². The largest absolute Gasteiger partial charge is 0.621 e. The molecule has 0 aliphatic carbocycles. The summed E-state index contributed by atoms with van der Waals surface area (Å²) < 4.78 is 0. The number of halogens is 1. The monoisotopic (exact) mass is 328 g/mol. The van der Waals surface area contributed by atoms with Gasteiger partial charge in [0.2, 0.25) is 0 Å². The fourth-order valence-corrected chi connectivity index (χ4v) is 3.74. The van der Waals surface area contributed by atoms with Crippen molar-refractivity contribution in [2.24, 2.45) is 0 Å². The first-order valence-electron chi connectivity index (χ1n) is 7.79. The Labute approximate surface area is 139 Å². The number of carbonyl (C=O) groups is 1. The van der Waals surface area contributed by atoms with Crippen LogP contribution >= 0.6 is 11.6 Å². The molecule has 2 heterocycles. The van der Waals surface area contributed by atoms with Crippen LogP contribution in [-0.2, 0) is 24.2 Å². The average Bonchev–Trinajstić information content (AvgIpc) is 2.83. The SMILES string of the molecule is CC1Cc2c(c(-c3ccc(Cl)cc3)cc3c2CC(=O)[NH+]3[O-])CN1. The van der Waals surface area contributed by atoms with E-state index in [2.05, 4.69) is 12.2 Å². The Morgan fingerprint density at radius 3 is 2.70 bits per heavy atom. The molecule has 0 aromatic heterocycles. The van der Waals surface area contributed by atoms with Crippen molar-refractivity contribution in [3.8, 4) is 11.1 Å². The summed E-state index contributed by atoms with van der Waals surface area (Å²) in [7, 11) is 0.